The molecule has 0 aliphatic heterocycles. The largest absolute Gasteiger partial charge is 0.460 e. The van der Waals surface area contributed by atoms with E-state index in [-0.39, 0.29) is 6.54 Å². The first-order valence-corrected chi connectivity index (χ1v) is 12.5. The number of hydrogen-bond acceptors (Lipinski definition) is 1. The Bertz CT molecular complexity index is 1460. The summed E-state index contributed by atoms with van der Waals surface area (Å²) in [6.45, 7) is -0.718. The zero-order valence-electron chi connectivity index (χ0n) is 22.4. The first-order valence-electron chi connectivity index (χ1n) is 12.5. The molecule has 252 valence electrons. The average Bonchev–Trinajstić information content (AvgIpc) is 2.91. The van der Waals surface area contributed by atoms with Gasteiger partial charge < -0.3 is 4.90 Å². The molecule has 0 heterocycles. The molecule has 0 aliphatic carbocycles. The first-order chi connectivity index (χ1) is 20.2. The third kappa shape index (κ3) is 5.64. The molecular weight excluding hydrogens is 661 g/mol. The molecule has 0 amide bonds. The van der Waals surface area contributed by atoms with Crippen molar-refractivity contribution in [2.45, 2.75) is 67.0 Å². The van der Waals surface area contributed by atoms with Gasteiger partial charge in [-0.15, -0.1) is 0 Å². The van der Waals surface area contributed by atoms with Gasteiger partial charge in [0.05, 0.1) is 0 Å². The maximum absolute atomic E-state index is 14.3. The third-order valence-corrected chi connectivity index (χ3v) is 7.13. The maximum Gasteiger partial charge on any atom is 0.460 e. The molecule has 1 nitrogen and oxygen atoms in total. The lowest BCUT2D eigenvalue weighted by Crippen LogP contribution is -2.74. The minimum Gasteiger partial charge on any atom is -0.302 e. The minimum atomic E-state index is -8.62. The van der Waals surface area contributed by atoms with Gasteiger partial charge >= 0.3 is 47.6 Å². The molecule has 0 radical (unpaired) electrons. The van der Waals surface area contributed by atoms with Crippen molar-refractivity contribution in [1.29, 1.82) is 0 Å². The predicted octanol–water partition coefficient (Wildman–Crippen LogP) is 10.2. The van der Waals surface area contributed by atoms with Gasteiger partial charge in [-0.3, -0.25) is 0 Å². The molecule has 3 rings (SSSR count). The number of benzene rings is 3. The Kier molecular flexibility index (Phi) is 9.17. The molecular formula is C27H20F17N. The van der Waals surface area contributed by atoms with E-state index in [0.29, 0.717) is 16.3 Å². The summed E-state index contributed by atoms with van der Waals surface area (Å²) in [7, 11) is 1.26. The van der Waals surface area contributed by atoms with Crippen LogP contribution in [-0.4, -0.2) is 66.1 Å². The smallest absolute Gasteiger partial charge is 0.302 e. The number of nitrogens with zero attached hydrogens (tertiary/aromatic N) is 1. The quantitative estimate of drug-likeness (QED) is 0.136. The van der Waals surface area contributed by atoms with Crippen molar-refractivity contribution in [1.82, 2.24) is 4.90 Å². The monoisotopic (exact) mass is 681 g/mol. The molecule has 0 spiro atoms. The summed E-state index contributed by atoms with van der Waals surface area (Å²) in [5.74, 6) is -56.2. The molecule has 3 aromatic rings. The van der Waals surface area contributed by atoms with Crippen LogP contribution in [0.15, 0.2) is 54.6 Å². The Morgan fingerprint density at radius 1 is 0.511 bits per heavy atom. The van der Waals surface area contributed by atoms with E-state index in [2.05, 4.69) is 0 Å². The highest BCUT2D eigenvalue weighted by Gasteiger charge is 2.95. The number of rotatable bonds is 12. The van der Waals surface area contributed by atoms with Crippen LogP contribution in [0.4, 0.5) is 74.6 Å². The summed E-state index contributed by atoms with van der Waals surface area (Å²) in [5, 5.41) is 2.83. The Morgan fingerprint density at radius 3 is 1.31 bits per heavy atom. The van der Waals surface area contributed by atoms with Gasteiger partial charge in [0.15, 0.2) is 0 Å². The van der Waals surface area contributed by atoms with Gasteiger partial charge in [-0.05, 0) is 53.2 Å². The Morgan fingerprint density at radius 2 is 0.889 bits per heavy atom. The lowest BCUT2D eigenvalue weighted by Gasteiger charge is -2.42. The van der Waals surface area contributed by atoms with Gasteiger partial charge in [0, 0.05) is 13.0 Å². The molecule has 0 bridgehead atoms. The predicted molar refractivity (Wildman–Crippen MR) is 128 cm³/mol. The molecule has 0 unspecified atom stereocenters. The molecule has 0 fully saturated rings. The highest BCUT2D eigenvalue weighted by molar-refractivity contribution is 6.02. The topological polar surface area (TPSA) is 3.24 Å². The van der Waals surface area contributed by atoms with E-state index in [1.54, 1.807) is 48.5 Å². The molecule has 0 saturated carbocycles. The third-order valence-electron chi connectivity index (χ3n) is 7.13. The van der Waals surface area contributed by atoms with Crippen LogP contribution in [0.3, 0.4) is 0 Å². The van der Waals surface area contributed by atoms with E-state index in [4.69, 9.17) is 0 Å². The van der Waals surface area contributed by atoms with Crippen molar-refractivity contribution in [2.75, 3.05) is 13.6 Å². The minimum absolute atomic E-state index is 0.0766. The highest BCUT2D eigenvalue weighted by Crippen LogP contribution is 2.64. The molecule has 0 N–H and O–H groups in total. The van der Waals surface area contributed by atoms with E-state index < -0.39 is 67.0 Å². The van der Waals surface area contributed by atoms with Crippen LogP contribution in [0.2, 0.25) is 0 Å². The zero-order chi connectivity index (χ0) is 34.7. The van der Waals surface area contributed by atoms with Gasteiger partial charge in [-0.25, -0.2) is 0 Å². The number of alkyl halides is 17. The molecule has 18 heteroatoms. The van der Waals surface area contributed by atoms with Crippen molar-refractivity contribution < 1.29 is 74.6 Å². The SMILES string of the molecule is CN(CCCC(F)(F)C(F)(F)C(F)(F)C(F)(F)C(F)(F)C(F)(F)C(F)(F)C(F)(F)F)Cc1c2ccccc2cc2ccccc12. The van der Waals surface area contributed by atoms with Gasteiger partial charge in [0.1, 0.15) is 0 Å². The Hall–Kier alpha value is -3.05. The summed E-state index contributed by atoms with van der Waals surface area (Å²) in [6, 6.07) is 15.5. The van der Waals surface area contributed by atoms with Gasteiger partial charge in [0.25, 0.3) is 0 Å². The standard InChI is InChI=1S/C27H20F17N/c1-45(14-19-17-9-4-2-7-15(17)13-16-8-3-5-10-18(16)19)12-6-11-20(28,29)21(30,31)22(32,33)23(34,35)24(36,37)25(38,39)26(40,41)27(42,43)44/h2-5,7-10,13H,6,11-12,14H2,1H3. The summed E-state index contributed by atoms with van der Waals surface area (Å²) in [4.78, 5) is 1.23. The average molecular weight is 681 g/mol. The molecule has 0 saturated heterocycles. The molecule has 0 aromatic heterocycles. The van der Waals surface area contributed by atoms with Crippen molar-refractivity contribution in [3.8, 4) is 0 Å². The first kappa shape index (κ1) is 36.4. The van der Waals surface area contributed by atoms with Crippen LogP contribution in [-0.2, 0) is 6.54 Å². The number of fused-ring (bicyclic) bond motifs is 2. The second-order valence-corrected chi connectivity index (χ2v) is 10.3. The summed E-state index contributed by atoms with van der Waals surface area (Å²) in [6.07, 6.45) is -11.4. The van der Waals surface area contributed by atoms with Gasteiger partial charge in [-0.2, -0.15) is 74.6 Å². The lowest BCUT2D eigenvalue weighted by molar-refractivity contribution is -0.461. The van der Waals surface area contributed by atoms with Gasteiger partial charge in [0.2, 0.25) is 0 Å². The second kappa shape index (κ2) is 11.3. The van der Waals surface area contributed by atoms with Gasteiger partial charge in [-0.1, -0.05) is 48.5 Å². The van der Waals surface area contributed by atoms with Crippen LogP contribution in [0.25, 0.3) is 21.5 Å². The number of hydrogen-bond donors (Lipinski definition) is 0. The number of halogens is 17. The molecule has 0 atom stereocenters. The lowest BCUT2D eigenvalue weighted by atomic mass is 9.88. The Balaban J connectivity index is 1.83. The van der Waals surface area contributed by atoms with Crippen molar-refractivity contribution in [3.05, 3.63) is 60.2 Å². The van der Waals surface area contributed by atoms with E-state index in [1.165, 1.54) is 11.9 Å². The fraction of sp³-hybridized carbons (Fsp3) is 0.481. The summed E-state index contributed by atoms with van der Waals surface area (Å²) in [5.41, 5.74) is 0.605. The summed E-state index contributed by atoms with van der Waals surface area (Å²) < 4.78 is 229. The van der Waals surface area contributed by atoms with Crippen molar-refractivity contribution in [2.24, 2.45) is 0 Å². The summed E-state index contributed by atoms with van der Waals surface area (Å²) >= 11 is 0. The van der Waals surface area contributed by atoms with Crippen LogP contribution in [0.1, 0.15) is 18.4 Å². The van der Waals surface area contributed by atoms with Crippen LogP contribution in [0, 0.1) is 0 Å². The van der Waals surface area contributed by atoms with E-state index in [1.807, 2.05) is 6.07 Å². The second-order valence-electron chi connectivity index (χ2n) is 10.3. The maximum atomic E-state index is 14.3. The molecule has 0 aliphatic rings. The molecule has 45 heavy (non-hydrogen) atoms. The van der Waals surface area contributed by atoms with E-state index >= 15 is 0 Å². The highest BCUT2D eigenvalue weighted by atomic mass is 19.4. The van der Waals surface area contributed by atoms with Crippen LogP contribution < -0.4 is 0 Å². The molecule has 3 aromatic carbocycles. The fourth-order valence-electron chi connectivity index (χ4n) is 4.55. The fourth-order valence-corrected chi connectivity index (χ4v) is 4.55. The van der Waals surface area contributed by atoms with E-state index in [0.717, 1.165) is 10.8 Å². The Labute approximate surface area is 242 Å². The zero-order valence-corrected chi connectivity index (χ0v) is 22.4. The van der Waals surface area contributed by atoms with Crippen molar-refractivity contribution in [3.63, 3.8) is 0 Å². The van der Waals surface area contributed by atoms with Crippen molar-refractivity contribution >= 4 is 21.5 Å². The van der Waals surface area contributed by atoms with Crippen LogP contribution >= 0.6 is 0 Å². The normalized spacial score (nSPS) is 15.0. The van der Waals surface area contributed by atoms with E-state index in [9.17, 15) is 74.6 Å². The van der Waals surface area contributed by atoms with Crippen LogP contribution in [0.5, 0.6) is 0 Å².